The topological polar surface area (TPSA) is 70.5 Å². The monoisotopic (exact) mass is 566 g/mol. The van der Waals surface area contributed by atoms with Gasteiger partial charge < -0.3 is 10.0 Å². The number of thiazole rings is 1. The minimum atomic E-state index is -1.11. The predicted octanol–water partition coefficient (Wildman–Crippen LogP) is 8.29. The molecule has 0 radical (unpaired) electrons. The summed E-state index contributed by atoms with van der Waals surface area (Å²) in [5.41, 5.74) is 1.68. The Bertz CT molecular complexity index is 1460. The number of aromatic nitrogens is 1. The van der Waals surface area contributed by atoms with Crippen molar-refractivity contribution in [2.45, 2.75) is 51.1 Å². The lowest BCUT2D eigenvalue weighted by molar-refractivity contribution is -0.160. The Morgan fingerprint density at radius 2 is 1.82 bits per heavy atom. The van der Waals surface area contributed by atoms with Crippen molar-refractivity contribution < 1.29 is 14.7 Å². The fraction of sp³-hybridized carbons (Fsp3) is 0.300. The van der Waals surface area contributed by atoms with Crippen molar-refractivity contribution in [1.29, 1.82) is 0 Å². The molecule has 1 aromatic heterocycles. The van der Waals surface area contributed by atoms with Crippen molar-refractivity contribution in [3.05, 3.63) is 99.0 Å². The van der Waals surface area contributed by atoms with E-state index >= 15 is 0 Å². The van der Waals surface area contributed by atoms with E-state index in [1.54, 1.807) is 18.3 Å². The third-order valence-corrected chi connectivity index (χ3v) is 9.07. The van der Waals surface area contributed by atoms with Crippen LogP contribution < -0.4 is 0 Å². The number of benzene rings is 3. The van der Waals surface area contributed by atoms with Gasteiger partial charge in [0.05, 0.1) is 34.1 Å². The maximum Gasteiger partial charge on any atom is 0.304 e. The lowest BCUT2D eigenvalue weighted by atomic mass is 9.67. The van der Waals surface area contributed by atoms with Crippen LogP contribution in [-0.4, -0.2) is 26.9 Å². The summed E-state index contributed by atoms with van der Waals surface area (Å²) in [4.78, 5) is 33.3. The van der Waals surface area contributed by atoms with E-state index in [-0.39, 0.29) is 30.3 Å². The second kappa shape index (κ2) is 10.7. The zero-order valence-electron chi connectivity index (χ0n) is 21.1. The van der Waals surface area contributed by atoms with Gasteiger partial charge in [0.2, 0.25) is 5.91 Å². The minimum Gasteiger partial charge on any atom is -0.481 e. The van der Waals surface area contributed by atoms with Crippen LogP contribution in [0.2, 0.25) is 10.0 Å². The fourth-order valence-electron chi connectivity index (χ4n) is 5.75. The number of carbonyl (C=O) groups excluding carboxylic acids is 1. The number of hydrogen-bond donors (Lipinski definition) is 1. The quantitative estimate of drug-likeness (QED) is 0.244. The lowest BCUT2D eigenvalue weighted by Gasteiger charge is -2.51. The summed E-state index contributed by atoms with van der Waals surface area (Å²) in [7, 11) is 0. The second-order valence-electron chi connectivity index (χ2n) is 10.1. The van der Waals surface area contributed by atoms with Gasteiger partial charge in [0, 0.05) is 16.0 Å². The van der Waals surface area contributed by atoms with Gasteiger partial charge in [-0.05, 0) is 60.4 Å². The van der Waals surface area contributed by atoms with Crippen LogP contribution in [0, 0.1) is 5.41 Å². The second-order valence-corrected chi connectivity index (χ2v) is 12.1. The van der Waals surface area contributed by atoms with E-state index in [1.807, 2.05) is 84.6 Å². The lowest BCUT2D eigenvalue weighted by Crippen LogP contribution is -2.53. The third-order valence-electron chi connectivity index (χ3n) is 7.45. The number of hydrogen-bond acceptors (Lipinski definition) is 4. The number of piperidine rings is 1. The first-order valence-electron chi connectivity index (χ1n) is 12.6. The Morgan fingerprint density at radius 1 is 1.08 bits per heavy atom. The molecule has 1 aliphatic heterocycles. The van der Waals surface area contributed by atoms with Gasteiger partial charge in [-0.1, -0.05) is 73.4 Å². The van der Waals surface area contributed by atoms with Gasteiger partial charge in [0.1, 0.15) is 5.01 Å². The molecule has 4 atom stereocenters. The summed E-state index contributed by atoms with van der Waals surface area (Å²) in [5.74, 6) is -1.37. The molecule has 0 unspecified atom stereocenters. The standard InChI is InChI=1S/C30H28Cl2N2O3S/c1-3-24(28-33-23-9-4-5-10-25(23)38-28)34-27(18-11-13-20(31)14-12-18)22(19-7-6-8-21(32)15-19)16-30(2,29(34)37)17-26(35)36/h4-15,22,24,27H,3,16-17H2,1-2H3,(H,35,36)/t22-,24-,27-,30-/m1/s1. The number of amides is 1. The van der Waals surface area contributed by atoms with E-state index in [9.17, 15) is 14.7 Å². The number of rotatable bonds is 7. The Hall–Kier alpha value is -2.93. The smallest absolute Gasteiger partial charge is 0.304 e. The van der Waals surface area contributed by atoms with E-state index in [4.69, 9.17) is 28.2 Å². The molecule has 0 saturated carbocycles. The number of carbonyl (C=O) groups is 2. The van der Waals surface area contributed by atoms with Crippen LogP contribution in [0.4, 0.5) is 0 Å². The van der Waals surface area contributed by atoms with Gasteiger partial charge in [-0.3, -0.25) is 9.59 Å². The first kappa shape index (κ1) is 26.7. The molecule has 2 heterocycles. The SMILES string of the molecule is CC[C@H](c1nc2ccccc2s1)N1C(=O)[C@@](C)(CC(=O)O)C[C@H](c2cccc(Cl)c2)[C@H]1c1ccc(Cl)cc1. The van der Waals surface area contributed by atoms with Crippen LogP contribution in [0.5, 0.6) is 0 Å². The van der Waals surface area contributed by atoms with E-state index in [2.05, 4.69) is 0 Å². The van der Waals surface area contributed by atoms with Gasteiger partial charge >= 0.3 is 5.97 Å². The molecule has 38 heavy (non-hydrogen) atoms. The Morgan fingerprint density at radius 3 is 2.47 bits per heavy atom. The molecule has 8 heteroatoms. The van der Waals surface area contributed by atoms with Crippen molar-refractivity contribution in [2.75, 3.05) is 0 Å². The Kier molecular flexibility index (Phi) is 7.49. The van der Waals surface area contributed by atoms with Gasteiger partial charge in [-0.15, -0.1) is 11.3 Å². The predicted molar refractivity (Wildman–Crippen MR) is 153 cm³/mol. The average molecular weight is 568 g/mol. The first-order valence-corrected chi connectivity index (χ1v) is 14.2. The summed E-state index contributed by atoms with van der Waals surface area (Å²) in [6.07, 6.45) is 0.739. The molecule has 1 amide bonds. The first-order chi connectivity index (χ1) is 18.2. The summed E-state index contributed by atoms with van der Waals surface area (Å²) in [6, 6.07) is 22.4. The zero-order valence-corrected chi connectivity index (χ0v) is 23.4. The molecular weight excluding hydrogens is 539 g/mol. The highest BCUT2D eigenvalue weighted by Crippen LogP contribution is 2.54. The average Bonchev–Trinajstić information content (AvgIpc) is 3.31. The molecule has 1 aliphatic rings. The number of halogens is 2. The van der Waals surface area contributed by atoms with Gasteiger partial charge in [-0.2, -0.15) is 0 Å². The van der Waals surface area contributed by atoms with Crippen molar-refractivity contribution in [1.82, 2.24) is 9.88 Å². The van der Waals surface area contributed by atoms with Crippen molar-refractivity contribution in [3.63, 3.8) is 0 Å². The molecular formula is C30H28Cl2N2O3S. The van der Waals surface area contributed by atoms with E-state index in [0.29, 0.717) is 22.9 Å². The van der Waals surface area contributed by atoms with Gasteiger partial charge in [-0.25, -0.2) is 4.98 Å². The minimum absolute atomic E-state index is 0.177. The molecule has 1 N–H and O–H groups in total. The molecule has 196 valence electrons. The van der Waals surface area contributed by atoms with E-state index in [1.165, 1.54) is 0 Å². The molecule has 0 bridgehead atoms. The third kappa shape index (κ3) is 5.05. The molecule has 3 aromatic carbocycles. The number of nitrogens with zero attached hydrogens (tertiary/aromatic N) is 2. The molecule has 4 aromatic rings. The van der Waals surface area contributed by atoms with Crippen LogP contribution in [0.25, 0.3) is 10.2 Å². The summed E-state index contributed by atoms with van der Waals surface area (Å²) in [5, 5.41) is 11.9. The molecule has 0 aliphatic carbocycles. The van der Waals surface area contributed by atoms with Crippen molar-refractivity contribution >= 4 is 56.6 Å². The van der Waals surface area contributed by atoms with E-state index < -0.39 is 11.4 Å². The number of carboxylic acid groups (broad SMARTS) is 1. The number of para-hydroxylation sites is 1. The molecule has 5 rings (SSSR count). The van der Waals surface area contributed by atoms with Crippen LogP contribution >= 0.6 is 34.5 Å². The molecule has 5 nitrogen and oxygen atoms in total. The Labute approximate surface area is 236 Å². The van der Waals surface area contributed by atoms with Gasteiger partial charge in [0.15, 0.2) is 0 Å². The van der Waals surface area contributed by atoms with Crippen LogP contribution in [0.3, 0.4) is 0 Å². The van der Waals surface area contributed by atoms with E-state index in [0.717, 1.165) is 26.4 Å². The van der Waals surface area contributed by atoms with Crippen LogP contribution in [0.1, 0.15) is 67.2 Å². The molecule has 1 fully saturated rings. The number of carboxylic acids is 1. The highest BCUT2D eigenvalue weighted by molar-refractivity contribution is 7.18. The summed E-state index contributed by atoms with van der Waals surface area (Å²) in [6.45, 7) is 3.82. The van der Waals surface area contributed by atoms with Crippen molar-refractivity contribution in [2.24, 2.45) is 5.41 Å². The maximum atomic E-state index is 14.5. The van der Waals surface area contributed by atoms with Crippen LogP contribution in [-0.2, 0) is 9.59 Å². The fourth-order valence-corrected chi connectivity index (χ4v) is 7.22. The van der Waals surface area contributed by atoms with Crippen molar-refractivity contribution in [3.8, 4) is 0 Å². The van der Waals surface area contributed by atoms with Crippen LogP contribution in [0.15, 0.2) is 72.8 Å². The zero-order chi connectivity index (χ0) is 27.0. The summed E-state index contributed by atoms with van der Waals surface area (Å²) < 4.78 is 1.05. The highest BCUT2D eigenvalue weighted by Gasteiger charge is 2.52. The summed E-state index contributed by atoms with van der Waals surface area (Å²) >= 11 is 14.3. The maximum absolute atomic E-state index is 14.5. The number of fused-ring (bicyclic) bond motifs is 1. The Balaban J connectivity index is 1.73. The normalized spacial score (nSPS) is 22.5. The molecule has 0 spiro atoms. The van der Waals surface area contributed by atoms with Gasteiger partial charge in [0.25, 0.3) is 0 Å². The molecule has 1 saturated heterocycles. The highest BCUT2D eigenvalue weighted by atomic mass is 35.5. The number of aliphatic carboxylic acids is 1. The largest absolute Gasteiger partial charge is 0.481 e. The number of likely N-dealkylation sites (tertiary alicyclic amines) is 1.